The van der Waals surface area contributed by atoms with Crippen molar-refractivity contribution in [1.29, 1.82) is 0 Å². The Morgan fingerprint density at radius 1 is 0.656 bits per heavy atom. The summed E-state index contributed by atoms with van der Waals surface area (Å²) in [5.74, 6) is 8.51. The number of aromatic nitrogens is 3. The molecule has 0 amide bonds. The van der Waals surface area contributed by atoms with E-state index in [-0.39, 0.29) is 20.1 Å². The monoisotopic (exact) mass is 1080 g/mol. The van der Waals surface area contributed by atoms with Gasteiger partial charge >= 0.3 is 110 Å². The molecule has 10 rings (SSSR count). The Balaban J connectivity index is 0.000000244. The van der Waals surface area contributed by atoms with Gasteiger partial charge in [0, 0.05) is 31.2 Å². The molecule has 3 heterocycles. The van der Waals surface area contributed by atoms with Crippen LogP contribution in [0.2, 0.25) is 17.3 Å². The average molecular weight is 1080 g/mol. The maximum absolute atomic E-state index is 7.35. The number of rotatable bonds is 8. The van der Waals surface area contributed by atoms with Crippen molar-refractivity contribution in [3.63, 3.8) is 0 Å². The molecular formula is C58H53GeIrN3O-2. The number of imidazole rings is 1. The van der Waals surface area contributed by atoms with Gasteiger partial charge in [-0.2, -0.15) is 0 Å². The van der Waals surface area contributed by atoms with E-state index in [0.717, 1.165) is 61.2 Å². The van der Waals surface area contributed by atoms with Crippen LogP contribution in [-0.2, 0) is 20.1 Å². The van der Waals surface area contributed by atoms with Gasteiger partial charge in [0.2, 0.25) is 0 Å². The standard InChI is InChI=1S/C43H35N2O.C15H18GeN.Ir/c1-27(2)33-14-10-15-34(28(3)4)41(33)45-39-19-9-8-18-38(39)44-43(45)36-17-11-16-35-37-26-32(24-25-40(37)46-42(35)36)31-22-20-30(21-23-31)29-12-6-5-7-13-29;1-12-5-7-13(8-6-12)15-10-9-14(11-17-15)16(2,3)4;/h5-16,18-28H,1-4H3;5-7,9-11H,1-4H3;/q2*-1;/i;1D3;. The molecule has 0 N–H and O–H groups in total. The predicted octanol–water partition coefficient (Wildman–Crippen LogP) is 15.4. The fourth-order valence-electron chi connectivity index (χ4n) is 8.34. The summed E-state index contributed by atoms with van der Waals surface area (Å²) in [5.41, 5.74) is 15.1. The quantitative estimate of drug-likeness (QED) is 0.112. The second-order valence-corrected chi connectivity index (χ2v) is 28.5. The predicted molar refractivity (Wildman–Crippen MR) is 268 cm³/mol. The van der Waals surface area contributed by atoms with Crippen molar-refractivity contribution in [1.82, 2.24) is 14.5 Å². The van der Waals surface area contributed by atoms with Crippen LogP contribution in [0, 0.1) is 19.0 Å². The third-order valence-corrected chi connectivity index (χ3v) is 16.1. The molecule has 0 bridgehead atoms. The van der Waals surface area contributed by atoms with Crippen LogP contribution >= 0.6 is 0 Å². The Bertz CT molecular complexity index is 3230. The van der Waals surface area contributed by atoms with E-state index in [0.29, 0.717) is 17.4 Å². The number of benzene rings is 7. The molecule has 64 heavy (non-hydrogen) atoms. The first-order chi connectivity index (χ1) is 31.7. The van der Waals surface area contributed by atoms with Crippen molar-refractivity contribution in [2.75, 3.05) is 0 Å². The minimum Gasteiger partial charge on any atom is 0 e. The largest absolute Gasteiger partial charge is 0 e. The molecule has 0 spiro atoms. The Morgan fingerprint density at radius 2 is 1.33 bits per heavy atom. The molecule has 6 heteroatoms. The number of fused-ring (bicyclic) bond motifs is 4. The maximum Gasteiger partial charge on any atom is 0 e. The maximum atomic E-state index is 7.35. The van der Waals surface area contributed by atoms with Gasteiger partial charge in [0.25, 0.3) is 0 Å². The Labute approximate surface area is 398 Å². The fourth-order valence-corrected chi connectivity index (χ4v) is 10.5. The van der Waals surface area contributed by atoms with Crippen LogP contribution in [0.15, 0.2) is 168 Å². The summed E-state index contributed by atoms with van der Waals surface area (Å²) in [7, 11) is 0. The summed E-state index contributed by atoms with van der Waals surface area (Å²) in [6.07, 6.45) is 1.95. The molecule has 0 saturated carbocycles. The normalized spacial score (nSPS) is 12.5. The van der Waals surface area contributed by atoms with Crippen LogP contribution in [0.5, 0.6) is 0 Å². The van der Waals surface area contributed by atoms with Gasteiger partial charge in [-0.05, 0) is 69.5 Å². The second-order valence-electron chi connectivity index (χ2n) is 17.9. The summed E-state index contributed by atoms with van der Waals surface area (Å²) in [4.78, 5) is 9.73. The SMILES string of the molecule is CC(C)c1cccc(C(C)C)c1-n1c(-c2[c-]ccc3c2oc2ccc(-c4ccc(-c5ccccc5)cc4)cc23)nc2ccccc21.[2H]C([2H])([2H])c1c[c-]c(-c2cc[c]([Ge]([CH3])([CH3])[CH3])cn2)cc1.[Ir]. The van der Waals surface area contributed by atoms with Crippen LogP contribution < -0.4 is 4.40 Å². The van der Waals surface area contributed by atoms with E-state index in [9.17, 15) is 0 Å². The molecule has 10 aromatic rings. The van der Waals surface area contributed by atoms with Gasteiger partial charge in [0.1, 0.15) is 5.58 Å². The molecule has 0 aliphatic rings. The molecule has 0 saturated heterocycles. The number of hydrogen-bond donors (Lipinski definition) is 0. The zero-order valence-corrected chi connectivity index (χ0v) is 41.8. The van der Waals surface area contributed by atoms with Gasteiger partial charge in [0.15, 0.2) is 0 Å². The van der Waals surface area contributed by atoms with Crippen LogP contribution in [0.25, 0.3) is 83.6 Å². The Morgan fingerprint density at radius 3 is 1.97 bits per heavy atom. The van der Waals surface area contributed by atoms with Crippen molar-refractivity contribution in [3.05, 3.63) is 193 Å². The minimum atomic E-state index is -2.08. The van der Waals surface area contributed by atoms with Crippen molar-refractivity contribution < 1.29 is 28.6 Å². The molecule has 7 aromatic carbocycles. The van der Waals surface area contributed by atoms with Crippen LogP contribution in [0.3, 0.4) is 0 Å². The van der Waals surface area contributed by atoms with E-state index in [1.807, 2.05) is 18.3 Å². The van der Waals surface area contributed by atoms with Gasteiger partial charge in [-0.1, -0.05) is 130 Å². The molecule has 0 aliphatic heterocycles. The summed E-state index contributed by atoms with van der Waals surface area (Å²) in [6, 6.07) is 60.6. The number of hydrogen-bond acceptors (Lipinski definition) is 3. The fraction of sp³-hybridized carbons (Fsp3) is 0.172. The second kappa shape index (κ2) is 18.7. The van der Waals surface area contributed by atoms with Crippen LogP contribution in [0.1, 0.15) is 60.3 Å². The molecule has 0 fully saturated rings. The number of nitrogens with zero attached hydrogens (tertiary/aromatic N) is 3. The van der Waals surface area contributed by atoms with Crippen molar-refractivity contribution in [2.24, 2.45) is 0 Å². The molecule has 321 valence electrons. The average Bonchev–Trinajstić information content (AvgIpc) is 3.90. The third-order valence-electron chi connectivity index (χ3n) is 11.8. The van der Waals surface area contributed by atoms with Crippen molar-refractivity contribution >= 4 is 50.6 Å². The molecule has 3 aromatic heterocycles. The number of furan rings is 1. The third kappa shape index (κ3) is 8.95. The Kier molecular flexibility index (Phi) is 12.0. The number of pyridine rings is 1. The smallest absolute Gasteiger partial charge is 0 e. The van der Waals surface area contributed by atoms with E-state index in [2.05, 4.69) is 194 Å². The first-order valence-electron chi connectivity index (χ1n) is 23.3. The molecule has 1 radical (unpaired) electrons. The first-order valence-corrected chi connectivity index (χ1v) is 29.1. The minimum absolute atomic E-state index is 0. The summed E-state index contributed by atoms with van der Waals surface area (Å²) < 4.78 is 32.4. The Hall–Kier alpha value is -5.85. The van der Waals surface area contributed by atoms with E-state index in [1.165, 1.54) is 44.0 Å². The zero-order valence-electron chi connectivity index (χ0n) is 40.3. The van der Waals surface area contributed by atoms with Gasteiger partial charge in [-0.25, -0.2) is 0 Å². The van der Waals surface area contributed by atoms with E-state index >= 15 is 0 Å². The summed E-state index contributed by atoms with van der Waals surface area (Å²) in [6.45, 7) is 6.98. The molecule has 4 nitrogen and oxygen atoms in total. The van der Waals surface area contributed by atoms with Crippen molar-refractivity contribution in [3.8, 4) is 50.6 Å². The number of para-hydroxylation sites is 3. The summed E-state index contributed by atoms with van der Waals surface area (Å²) >= 11 is -1.83. The number of aryl methyl sites for hydroxylation is 1. The van der Waals surface area contributed by atoms with Gasteiger partial charge in [-0.3, -0.25) is 4.98 Å². The first kappa shape index (κ1) is 40.9. The van der Waals surface area contributed by atoms with Gasteiger partial charge in [0.05, 0.1) is 22.4 Å². The molecular weight excluding hydrogens is 1020 g/mol. The van der Waals surface area contributed by atoms with E-state index < -0.39 is 20.1 Å². The van der Waals surface area contributed by atoms with Crippen molar-refractivity contribution in [2.45, 2.75) is 63.7 Å². The van der Waals surface area contributed by atoms with E-state index in [1.54, 1.807) is 12.1 Å². The molecule has 0 unspecified atom stereocenters. The topological polar surface area (TPSA) is 43.9 Å². The van der Waals surface area contributed by atoms with E-state index in [4.69, 9.17) is 13.5 Å². The van der Waals surface area contributed by atoms with Crippen LogP contribution in [0.4, 0.5) is 0 Å². The van der Waals surface area contributed by atoms with Gasteiger partial charge in [-0.15, -0.1) is 18.2 Å². The van der Waals surface area contributed by atoms with Gasteiger partial charge < -0.3 is 8.98 Å². The summed E-state index contributed by atoms with van der Waals surface area (Å²) in [5, 5.41) is 2.15. The molecule has 0 atom stereocenters. The zero-order chi connectivity index (χ0) is 46.3. The molecule has 0 aliphatic carbocycles. The van der Waals surface area contributed by atoms with Crippen LogP contribution in [-0.4, -0.2) is 27.8 Å².